The third-order valence-electron chi connectivity index (χ3n) is 4.68. The SMILES string of the molecule is COc1cc(OC)cc(C2=NN=C(c3cc(OC)cc(OC)c3)C2(C)C)c1. The van der Waals surface area contributed by atoms with E-state index < -0.39 is 5.41 Å². The van der Waals surface area contributed by atoms with Crippen LogP contribution in [-0.4, -0.2) is 39.9 Å². The Morgan fingerprint density at radius 1 is 0.556 bits per heavy atom. The summed E-state index contributed by atoms with van der Waals surface area (Å²) in [6.07, 6.45) is 0. The Hall–Kier alpha value is -3.02. The van der Waals surface area contributed by atoms with Gasteiger partial charge in [-0.15, -0.1) is 0 Å². The van der Waals surface area contributed by atoms with Crippen LogP contribution in [0.2, 0.25) is 0 Å². The van der Waals surface area contributed by atoms with Gasteiger partial charge in [0.2, 0.25) is 0 Å². The second-order valence-electron chi connectivity index (χ2n) is 6.72. The minimum Gasteiger partial charge on any atom is -0.497 e. The molecular weight excluding hydrogens is 344 g/mol. The largest absolute Gasteiger partial charge is 0.497 e. The Labute approximate surface area is 159 Å². The van der Waals surface area contributed by atoms with E-state index in [1.165, 1.54) is 0 Å². The number of hydrogen-bond acceptors (Lipinski definition) is 6. The van der Waals surface area contributed by atoms with Gasteiger partial charge in [-0.3, -0.25) is 0 Å². The Balaban J connectivity index is 2.02. The van der Waals surface area contributed by atoms with E-state index in [1.807, 2.05) is 36.4 Å². The standard InChI is InChI=1S/C21H24N2O4/c1-21(2)19(13-7-15(24-3)11-16(8-13)25-4)22-23-20(21)14-9-17(26-5)12-18(10-14)27-6/h7-12H,1-6H3. The van der Waals surface area contributed by atoms with Crippen LogP contribution in [0.15, 0.2) is 46.6 Å². The summed E-state index contributed by atoms with van der Waals surface area (Å²) in [5.74, 6) is 2.83. The Bertz CT molecular complexity index is 798. The lowest BCUT2D eigenvalue weighted by Crippen LogP contribution is -2.31. The summed E-state index contributed by atoms with van der Waals surface area (Å²) in [7, 11) is 6.52. The second-order valence-corrected chi connectivity index (χ2v) is 6.72. The molecule has 0 fully saturated rings. The maximum atomic E-state index is 5.39. The fourth-order valence-corrected chi connectivity index (χ4v) is 3.19. The van der Waals surface area contributed by atoms with E-state index in [4.69, 9.17) is 18.9 Å². The molecule has 0 aliphatic carbocycles. The maximum absolute atomic E-state index is 5.39. The molecule has 0 aromatic heterocycles. The molecule has 6 nitrogen and oxygen atoms in total. The lowest BCUT2D eigenvalue weighted by molar-refractivity contribution is 0.394. The average molecular weight is 368 g/mol. The molecule has 27 heavy (non-hydrogen) atoms. The molecule has 0 spiro atoms. The molecule has 142 valence electrons. The first-order valence-electron chi connectivity index (χ1n) is 8.56. The van der Waals surface area contributed by atoms with Crippen LogP contribution in [0.5, 0.6) is 23.0 Å². The molecule has 1 heterocycles. The average Bonchev–Trinajstić information content (AvgIpc) is 3.01. The van der Waals surface area contributed by atoms with Crippen LogP contribution in [0.4, 0.5) is 0 Å². The van der Waals surface area contributed by atoms with E-state index >= 15 is 0 Å². The van der Waals surface area contributed by atoms with Crippen molar-refractivity contribution in [2.45, 2.75) is 13.8 Å². The third kappa shape index (κ3) is 3.47. The highest BCUT2D eigenvalue weighted by atomic mass is 16.5. The van der Waals surface area contributed by atoms with Crippen LogP contribution in [0.25, 0.3) is 0 Å². The van der Waals surface area contributed by atoms with Gasteiger partial charge in [0.15, 0.2) is 0 Å². The molecule has 0 atom stereocenters. The first-order valence-corrected chi connectivity index (χ1v) is 8.56. The Morgan fingerprint density at radius 3 is 1.11 bits per heavy atom. The number of hydrogen-bond donors (Lipinski definition) is 0. The number of ether oxygens (including phenoxy) is 4. The number of rotatable bonds is 6. The van der Waals surface area contributed by atoms with Crippen molar-refractivity contribution in [3.63, 3.8) is 0 Å². The van der Waals surface area contributed by atoms with Crippen molar-refractivity contribution in [1.82, 2.24) is 0 Å². The number of methoxy groups -OCH3 is 4. The van der Waals surface area contributed by atoms with Crippen molar-refractivity contribution in [2.75, 3.05) is 28.4 Å². The van der Waals surface area contributed by atoms with E-state index in [0.29, 0.717) is 23.0 Å². The highest BCUT2D eigenvalue weighted by Gasteiger charge is 2.38. The molecule has 0 saturated carbocycles. The predicted octanol–water partition coefficient (Wildman–Crippen LogP) is 3.95. The van der Waals surface area contributed by atoms with Crippen molar-refractivity contribution in [3.05, 3.63) is 47.5 Å². The Kier molecular flexibility index (Phi) is 5.08. The van der Waals surface area contributed by atoms with Gasteiger partial charge in [0.25, 0.3) is 0 Å². The molecule has 3 rings (SSSR count). The minimum atomic E-state index is -0.422. The molecule has 2 aromatic carbocycles. The summed E-state index contributed by atoms with van der Waals surface area (Å²) in [5.41, 5.74) is 3.08. The van der Waals surface area contributed by atoms with Gasteiger partial charge < -0.3 is 18.9 Å². The van der Waals surface area contributed by atoms with Crippen LogP contribution in [0.1, 0.15) is 25.0 Å². The summed E-state index contributed by atoms with van der Waals surface area (Å²) in [4.78, 5) is 0. The summed E-state index contributed by atoms with van der Waals surface area (Å²) >= 11 is 0. The molecule has 0 unspecified atom stereocenters. The summed E-state index contributed by atoms with van der Waals surface area (Å²) in [5, 5.41) is 8.98. The van der Waals surface area contributed by atoms with Gasteiger partial charge >= 0.3 is 0 Å². The van der Waals surface area contributed by atoms with Crippen molar-refractivity contribution in [2.24, 2.45) is 15.6 Å². The predicted molar refractivity (Wildman–Crippen MR) is 106 cm³/mol. The van der Waals surface area contributed by atoms with E-state index in [-0.39, 0.29) is 0 Å². The summed E-state index contributed by atoms with van der Waals surface area (Å²) in [6.45, 7) is 4.19. The van der Waals surface area contributed by atoms with Crippen LogP contribution < -0.4 is 18.9 Å². The lowest BCUT2D eigenvalue weighted by Gasteiger charge is -2.24. The zero-order valence-corrected chi connectivity index (χ0v) is 16.5. The van der Waals surface area contributed by atoms with Gasteiger partial charge in [-0.05, 0) is 38.1 Å². The van der Waals surface area contributed by atoms with E-state index in [0.717, 1.165) is 22.6 Å². The van der Waals surface area contributed by atoms with Crippen molar-refractivity contribution < 1.29 is 18.9 Å². The number of nitrogens with zero attached hydrogens (tertiary/aromatic N) is 2. The molecule has 1 aliphatic rings. The van der Waals surface area contributed by atoms with Crippen molar-refractivity contribution >= 4 is 11.4 Å². The van der Waals surface area contributed by atoms with Gasteiger partial charge in [0.1, 0.15) is 23.0 Å². The fraction of sp³-hybridized carbons (Fsp3) is 0.333. The third-order valence-corrected chi connectivity index (χ3v) is 4.68. The van der Waals surface area contributed by atoms with E-state index in [2.05, 4.69) is 24.1 Å². The molecule has 6 heteroatoms. The van der Waals surface area contributed by atoms with Gasteiger partial charge in [-0.25, -0.2) is 0 Å². The Morgan fingerprint density at radius 2 is 0.852 bits per heavy atom. The van der Waals surface area contributed by atoms with Crippen LogP contribution in [0.3, 0.4) is 0 Å². The zero-order chi connectivity index (χ0) is 19.6. The maximum Gasteiger partial charge on any atom is 0.123 e. The molecule has 0 radical (unpaired) electrons. The monoisotopic (exact) mass is 368 g/mol. The van der Waals surface area contributed by atoms with Crippen LogP contribution in [0, 0.1) is 5.41 Å². The quantitative estimate of drug-likeness (QED) is 0.774. The van der Waals surface area contributed by atoms with E-state index in [9.17, 15) is 0 Å². The van der Waals surface area contributed by atoms with Gasteiger partial charge in [-0.1, -0.05) is 0 Å². The van der Waals surface area contributed by atoms with Crippen molar-refractivity contribution in [3.8, 4) is 23.0 Å². The molecule has 0 N–H and O–H groups in total. The highest BCUT2D eigenvalue weighted by molar-refractivity contribution is 6.25. The molecule has 0 amide bonds. The zero-order valence-electron chi connectivity index (χ0n) is 16.5. The smallest absolute Gasteiger partial charge is 0.123 e. The minimum absolute atomic E-state index is 0.422. The molecule has 2 aromatic rings. The molecule has 1 aliphatic heterocycles. The normalized spacial score (nSPS) is 15.0. The second kappa shape index (κ2) is 7.31. The molecule has 0 saturated heterocycles. The number of benzene rings is 2. The lowest BCUT2D eigenvalue weighted by atomic mass is 9.77. The van der Waals surface area contributed by atoms with E-state index in [1.54, 1.807) is 28.4 Å². The highest BCUT2D eigenvalue weighted by Crippen LogP contribution is 2.37. The van der Waals surface area contributed by atoms with Gasteiger partial charge in [0, 0.05) is 23.3 Å². The first-order chi connectivity index (χ1) is 12.9. The van der Waals surface area contributed by atoms with Gasteiger partial charge in [-0.2, -0.15) is 10.2 Å². The molecular formula is C21H24N2O4. The van der Waals surface area contributed by atoms with Crippen molar-refractivity contribution in [1.29, 1.82) is 0 Å². The summed E-state index contributed by atoms with van der Waals surface area (Å²) in [6, 6.07) is 11.4. The van der Waals surface area contributed by atoms with Crippen LogP contribution in [-0.2, 0) is 0 Å². The fourth-order valence-electron chi connectivity index (χ4n) is 3.19. The van der Waals surface area contributed by atoms with Crippen LogP contribution >= 0.6 is 0 Å². The van der Waals surface area contributed by atoms with Gasteiger partial charge in [0.05, 0.1) is 45.3 Å². The first kappa shape index (κ1) is 18.8. The molecule has 0 bridgehead atoms. The summed E-state index contributed by atoms with van der Waals surface area (Å²) < 4.78 is 21.6. The topological polar surface area (TPSA) is 61.6 Å².